The Morgan fingerprint density at radius 1 is 0.919 bits per heavy atom. The molecule has 1 unspecified atom stereocenters. The first-order chi connectivity index (χ1) is 17.8. The molecule has 2 aliphatic rings. The predicted molar refractivity (Wildman–Crippen MR) is 144 cm³/mol. The average molecular weight is 500 g/mol. The van der Waals surface area contributed by atoms with Crippen LogP contribution < -0.4 is 15.1 Å². The fourth-order valence-corrected chi connectivity index (χ4v) is 4.94. The van der Waals surface area contributed by atoms with Crippen molar-refractivity contribution < 1.29 is 9.59 Å². The van der Waals surface area contributed by atoms with Crippen molar-refractivity contribution in [1.29, 1.82) is 0 Å². The van der Waals surface area contributed by atoms with E-state index in [1.54, 1.807) is 11.1 Å². The molecule has 2 aliphatic heterocycles. The van der Waals surface area contributed by atoms with Crippen LogP contribution in [0.5, 0.6) is 0 Å². The lowest BCUT2D eigenvalue weighted by atomic mass is 10.1. The maximum absolute atomic E-state index is 13.3. The van der Waals surface area contributed by atoms with Gasteiger partial charge in [0.1, 0.15) is 23.3 Å². The van der Waals surface area contributed by atoms with E-state index in [1.165, 1.54) is 5.56 Å². The van der Waals surface area contributed by atoms with Crippen molar-refractivity contribution in [3.63, 3.8) is 0 Å². The van der Waals surface area contributed by atoms with Gasteiger partial charge in [-0.25, -0.2) is 15.0 Å². The summed E-state index contributed by atoms with van der Waals surface area (Å²) < 4.78 is 0. The van der Waals surface area contributed by atoms with Gasteiger partial charge in [-0.3, -0.25) is 9.59 Å². The van der Waals surface area contributed by atoms with Crippen molar-refractivity contribution in [1.82, 2.24) is 19.9 Å². The van der Waals surface area contributed by atoms with Gasteiger partial charge in [0, 0.05) is 57.1 Å². The summed E-state index contributed by atoms with van der Waals surface area (Å²) in [6.45, 7) is 11.0. The van der Waals surface area contributed by atoms with Gasteiger partial charge in [-0.1, -0.05) is 6.07 Å². The first kappa shape index (κ1) is 24.7. The molecular weight excluding hydrogens is 466 g/mol. The van der Waals surface area contributed by atoms with Gasteiger partial charge in [-0.2, -0.15) is 0 Å². The Kier molecular flexibility index (Phi) is 6.78. The van der Waals surface area contributed by atoms with Crippen LogP contribution >= 0.6 is 0 Å². The molecule has 1 N–H and O–H groups in total. The molecule has 0 bridgehead atoms. The van der Waals surface area contributed by atoms with Gasteiger partial charge < -0.3 is 20.0 Å². The van der Waals surface area contributed by atoms with Gasteiger partial charge in [0.25, 0.3) is 0 Å². The molecule has 2 aromatic heterocycles. The number of anilines is 4. The quantitative estimate of drug-likeness (QED) is 0.574. The molecule has 1 aromatic carbocycles. The fourth-order valence-electron chi connectivity index (χ4n) is 4.94. The Morgan fingerprint density at radius 3 is 2.43 bits per heavy atom. The van der Waals surface area contributed by atoms with Crippen LogP contribution in [-0.2, 0) is 9.59 Å². The molecule has 192 valence electrons. The Hall–Kier alpha value is -4.01. The van der Waals surface area contributed by atoms with E-state index in [-0.39, 0.29) is 24.2 Å². The third kappa shape index (κ3) is 5.40. The van der Waals surface area contributed by atoms with Crippen LogP contribution in [0.15, 0.2) is 42.6 Å². The molecule has 3 aromatic rings. The number of pyridine rings is 1. The average Bonchev–Trinajstić information content (AvgIpc) is 3.26. The van der Waals surface area contributed by atoms with Gasteiger partial charge in [0.2, 0.25) is 11.8 Å². The van der Waals surface area contributed by atoms with Crippen LogP contribution in [0.2, 0.25) is 0 Å². The molecule has 2 amide bonds. The zero-order valence-electron chi connectivity index (χ0n) is 21.9. The molecule has 9 nitrogen and oxygen atoms in total. The monoisotopic (exact) mass is 499 g/mol. The molecule has 37 heavy (non-hydrogen) atoms. The van der Waals surface area contributed by atoms with Gasteiger partial charge in [0.15, 0.2) is 0 Å². The van der Waals surface area contributed by atoms with Gasteiger partial charge in [-0.15, -0.1) is 0 Å². The molecule has 0 aliphatic carbocycles. The minimum absolute atomic E-state index is 0.0137. The maximum Gasteiger partial charge on any atom is 0.228 e. The number of rotatable bonds is 5. The minimum Gasteiger partial charge on any atom is -0.353 e. The molecule has 9 heteroatoms. The number of aromatic nitrogens is 3. The third-order valence-electron chi connectivity index (χ3n) is 7.19. The molecular formula is C28H33N7O2. The van der Waals surface area contributed by atoms with Crippen LogP contribution in [0.3, 0.4) is 0 Å². The van der Waals surface area contributed by atoms with Crippen molar-refractivity contribution >= 4 is 35.0 Å². The lowest BCUT2D eigenvalue weighted by Crippen LogP contribution is -2.51. The lowest BCUT2D eigenvalue weighted by molar-refractivity contribution is -0.136. The Bertz CT molecular complexity index is 1330. The summed E-state index contributed by atoms with van der Waals surface area (Å²) in [5, 5.41) is 3.27. The highest BCUT2D eigenvalue weighted by molar-refractivity contribution is 6.00. The second-order valence-electron chi connectivity index (χ2n) is 9.99. The number of carbonyl (C=O) groups is 2. The summed E-state index contributed by atoms with van der Waals surface area (Å²) >= 11 is 0. The zero-order chi connectivity index (χ0) is 26.1. The summed E-state index contributed by atoms with van der Waals surface area (Å²) in [4.78, 5) is 45.4. The second kappa shape index (κ2) is 10.2. The number of nitrogens with one attached hydrogen (secondary N) is 1. The van der Waals surface area contributed by atoms with Crippen LogP contribution in [0.4, 0.5) is 23.1 Å². The Labute approximate surface area is 217 Å². The largest absolute Gasteiger partial charge is 0.353 e. The zero-order valence-corrected chi connectivity index (χ0v) is 21.9. The summed E-state index contributed by atoms with van der Waals surface area (Å²) in [7, 11) is 0. The van der Waals surface area contributed by atoms with E-state index in [1.807, 2.05) is 62.1 Å². The SMILES string of the molecule is Cc1ccnc(Nc2cc(N3CCN(C(=O)C4CC(=O)N(c5ccc(C)c(C)c5)C4)CC3)nc(C)n2)c1. The summed E-state index contributed by atoms with van der Waals surface area (Å²) in [6.07, 6.45) is 2.03. The molecule has 2 fully saturated rings. The van der Waals surface area contributed by atoms with Crippen molar-refractivity contribution in [2.75, 3.05) is 47.8 Å². The highest BCUT2D eigenvalue weighted by atomic mass is 16.2. The number of nitrogens with zero attached hydrogens (tertiary/aromatic N) is 6. The lowest BCUT2D eigenvalue weighted by Gasteiger charge is -2.36. The Morgan fingerprint density at radius 2 is 1.70 bits per heavy atom. The van der Waals surface area contributed by atoms with Gasteiger partial charge in [0.05, 0.1) is 5.92 Å². The molecule has 5 rings (SSSR count). The number of amides is 2. The van der Waals surface area contributed by atoms with Crippen LogP contribution in [0, 0.1) is 33.6 Å². The number of hydrogen-bond acceptors (Lipinski definition) is 7. The number of piperazine rings is 1. The molecule has 1 atom stereocenters. The molecule has 0 saturated carbocycles. The van der Waals surface area contributed by atoms with E-state index in [2.05, 4.69) is 32.1 Å². The molecule has 0 spiro atoms. The smallest absolute Gasteiger partial charge is 0.228 e. The maximum atomic E-state index is 13.3. The summed E-state index contributed by atoms with van der Waals surface area (Å²) in [5.41, 5.74) is 4.32. The topological polar surface area (TPSA) is 94.6 Å². The van der Waals surface area contributed by atoms with E-state index in [0.717, 1.165) is 28.5 Å². The third-order valence-corrected chi connectivity index (χ3v) is 7.19. The van der Waals surface area contributed by atoms with E-state index >= 15 is 0 Å². The van der Waals surface area contributed by atoms with E-state index < -0.39 is 0 Å². The Balaban J connectivity index is 1.21. The van der Waals surface area contributed by atoms with E-state index in [0.29, 0.717) is 44.4 Å². The van der Waals surface area contributed by atoms with Crippen LogP contribution in [0.1, 0.15) is 28.9 Å². The van der Waals surface area contributed by atoms with Crippen molar-refractivity contribution in [3.05, 3.63) is 65.1 Å². The number of benzene rings is 1. The molecule has 4 heterocycles. The van der Waals surface area contributed by atoms with Crippen LogP contribution in [-0.4, -0.2) is 64.4 Å². The van der Waals surface area contributed by atoms with E-state index in [4.69, 9.17) is 0 Å². The number of aryl methyl sites for hydroxylation is 4. The standard InChI is InChI=1S/C28H33N7O2/c1-18-7-8-29-24(13-18)32-25-16-26(31-21(4)30-25)33-9-11-34(12-10-33)28(37)22-15-27(36)35(17-22)23-6-5-19(2)20(3)14-23/h5-8,13-14,16,22H,9-12,15,17H2,1-4H3,(H,29,30,31,32). The van der Waals surface area contributed by atoms with Crippen molar-refractivity contribution in [2.45, 2.75) is 34.1 Å². The van der Waals surface area contributed by atoms with E-state index in [9.17, 15) is 9.59 Å². The first-order valence-corrected chi connectivity index (χ1v) is 12.7. The van der Waals surface area contributed by atoms with Gasteiger partial charge >= 0.3 is 0 Å². The highest BCUT2D eigenvalue weighted by Crippen LogP contribution is 2.28. The van der Waals surface area contributed by atoms with Gasteiger partial charge in [-0.05, 0) is 68.7 Å². The minimum atomic E-state index is -0.306. The summed E-state index contributed by atoms with van der Waals surface area (Å²) in [5.74, 6) is 2.69. The normalized spacial score (nSPS) is 17.9. The molecule has 2 saturated heterocycles. The van der Waals surface area contributed by atoms with Crippen LogP contribution in [0.25, 0.3) is 0 Å². The second-order valence-corrected chi connectivity index (χ2v) is 9.99. The highest BCUT2D eigenvalue weighted by Gasteiger charge is 2.38. The summed E-state index contributed by atoms with van der Waals surface area (Å²) in [6, 6.07) is 11.9. The number of hydrogen-bond donors (Lipinski definition) is 1. The van der Waals surface area contributed by atoms with Crippen molar-refractivity contribution in [3.8, 4) is 0 Å². The number of carbonyl (C=O) groups excluding carboxylic acids is 2. The molecule has 0 radical (unpaired) electrons. The van der Waals surface area contributed by atoms with Crippen molar-refractivity contribution in [2.24, 2.45) is 5.92 Å². The first-order valence-electron chi connectivity index (χ1n) is 12.7. The fraction of sp³-hybridized carbons (Fsp3) is 0.393. The predicted octanol–water partition coefficient (Wildman–Crippen LogP) is 3.55.